The molecular formula is C19H12F2N2. The van der Waals surface area contributed by atoms with Gasteiger partial charge in [0.05, 0.1) is 18.2 Å². The monoisotopic (exact) mass is 306 g/mol. The van der Waals surface area contributed by atoms with Crippen molar-refractivity contribution in [3.05, 3.63) is 78.0 Å². The molecule has 0 aliphatic carbocycles. The average Bonchev–Trinajstić information content (AvgIpc) is 2.57. The lowest BCUT2D eigenvalue weighted by atomic mass is 9.99. The Morgan fingerprint density at radius 2 is 1.39 bits per heavy atom. The van der Waals surface area contributed by atoms with Crippen molar-refractivity contribution in [1.29, 1.82) is 5.26 Å². The van der Waals surface area contributed by atoms with Crippen LogP contribution in [0.4, 0.5) is 8.78 Å². The lowest BCUT2D eigenvalue weighted by Crippen LogP contribution is -1.94. The van der Waals surface area contributed by atoms with E-state index in [1.807, 2.05) is 6.07 Å². The number of pyridine rings is 1. The fourth-order valence-electron chi connectivity index (χ4n) is 2.40. The fourth-order valence-corrected chi connectivity index (χ4v) is 2.40. The fraction of sp³-hybridized carbons (Fsp3) is 0.0526. The highest BCUT2D eigenvalue weighted by Gasteiger charge is 2.09. The zero-order valence-electron chi connectivity index (χ0n) is 12.1. The number of halogens is 2. The Balaban J connectivity index is 2.06. The van der Waals surface area contributed by atoms with Gasteiger partial charge in [-0.3, -0.25) is 4.98 Å². The van der Waals surface area contributed by atoms with E-state index in [4.69, 9.17) is 5.26 Å². The molecule has 1 aromatic heterocycles. The van der Waals surface area contributed by atoms with Gasteiger partial charge >= 0.3 is 0 Å². The summed E-state index contributed by atoms with van der Waals surface area (Å²) < 4.78 is 26.1. The molecule has 0 spiro atoms. The third-order valence-corrected chi connectivity index (χ3v) is 3.53. The van der Waals surface area contributed by atoms with E-state index in [0.29, 0.717) is 5.69 Å². The van der Waals surface area contributed by atoms with Crippen molar-refractivity contribution >= 4 is 0 Å². The molecule has 0 amide bonds. The summed E-state index contributed by atoms with van der Waals surface area (Å²) in [5, 5.41) is 9.05. The topological polar surface area (TPSA) is 36.7 Å². The van der Waals surface area contributed by atoms with Crippen LogP contribution in [0.5, 0.6) is 0 Å². The minimum absolute atomic E-state index is 0.189. The molecule has 23 heavy (non-hydrogen) atoms. The molecule has 112 valence electrons. The van der Waals surface area contributed by atoms with Crippen LogP contribution >= 0.6 is 0 Å². The molecule has 0 fully saturated rings. The van der Waals surface area contributed by atoms with E-state index < -0.39 is 0 Å². The molecule has 0 N–H and O–H groups in total. The van der Waals surface area contributed by atoms with E-state index in [0.717, 1.165) is 22.3 Å². The lowest BCUT2D eigenvalue weighted by molar-refractivity contribution is 0.627. The number of nitriles is 1. The summed E-state index contributed by atoms with van der Waals surface area (Å²) in [5.41, 5.74) is 3.78. The zero-order chi connectivity index (χ0) is 16.2. The van der Waals surface area contributed by atoms with Gasteiger partial charge < -0.3 is 0 Å². The molecule has 3 aromatic rings. The van der Waals surface area contributed by atoms with Crippen molar-refractivity contribution in [1.82, 2.24) is 4.98 Å². The van der Waals surface area contributed by atoms with Crippen molar-refractivity contribution < 1.29 is 8.78 Å². The minimum Gasteiger partial charge on any atom is -0.255 e. The Morgan fingerprint density at radius 1 is 0.826 bits per heavy atom. The molecule has 1 heterocycles. The van der Waals surface area contributed by atoms with Crippen LogP contribution < -0.4 is 0 Å². The van der Waals surface area contributed by atoms with Crippen LogP contribution in [0.25, 0.3) is 22.4 Å². The third-order valence-electron chi connectivity index (χ3n) is 3.53. The van der Waals surface area contributed by atoms with Crippen LogP contribution in [0.15, 0.2) is 60.8 Å². The smallest absolute Gasteiger partial charge is 0.123 e. The third kappa shape index (κ3) is 3.24. The highest BCUT2D eigenvalue weighted by atomic mass is 19.1. The number of benzene rings is 2. The Kier molecular flexibility index (Phi) is 4.11. The van der Waals surface area contributed by atoms with Crippen molar-refractivity contribution in [2.75, 3.05) is 0 Å². The molecule has 0 bridgehead atoms. The number of aromatic nitrogens is 1. The maximum atomic E-state index is 13.1. The summed E-state index contributed by atoms with van der Waals surface area (Å²) in [5.74, 6) is -0.625. The average molecular weight is 306 g/mol. The van der Waals surface area contributed by atoms with E-state index >= 15 is 0 Å². The van der Waals surface area contributed by atoms with E-state index in [1.165, 1.54) is 24.3 Å². The number of hydrogen-bond acceptors (Lipinski definition) is 2. The molecule has 0 aliphatic heterocycles. The van der Waals surface area contributed by atoms with Crippen LogP contribution in [-0.4, -0.2) is 4.98 Å². The molecule has 0 aliphatic rings. The summed E-state index contributed by atoms with van der Waals surface area (Å²) in [6, 6.07) is 16.1. The minimum atomic E-state index is -0.321. The van der Waals surface area contributed by atoms with Crippen LogP contribution in [0.1, 0.15) is 5.56 Å². The maximum Gasteiger partial charge on any atom is 0.123 e. The number of nitrogens with zero attached hydrogens (tertiary/aromatic N) is 2. The Hall–Kier alpha value is -3.06. The molecule has 0 saturated carbocycles. The van der Waals surface area contributed by atoms with Crippen molar-refractivity contribution in [3.8, 4) is 28.5 Å². The highest BCUT2D eigenvalue weighted by molar-refractivity contribution is 5.70. The van der Waals surface area contributed by atoms with E-state index in [-0.39, 0.29) is 18.1 Å². The number of hydrogen-bond donors (Lipinski definition) is 0. The second kappa shape index (κ2) is 6.37. The van der Waals surface area contributed by atoms with Gasteiger partial charge in [0.1, 0.15) is 11.6 Å². The summed E-state index contributed by atoms with van der Waals surface area (Å²) in [6.45, 7) is 0. The van der Waals surface area contributed by atoms with E-state index in [9.17, 15) is 8.78 Å². The van der Waals surface area contributed by atoms with Crippen molar-refractivity contribution in [2.24, 2.45) is 0 Å². The Morgan fingerprint density at radius 3 is 1.96 bits per heavy atom. The Labute approximate surface area is 132 Å². The van der Waals surface area contributed by atoms with Gasteiger partial charge in [0.25, 0.3) is 0 Å². The first-order chi connectivity index (χ1) is 11.2. The lowest BCUT2D eigenvalue weighted by Gasteiger charge is -2.09. The molecule has 0 radical (unpaired) electrons. The molecule has 3 rings (SSSR count). The summed E-state index contributed by atoms with van der Waals surface area (Å²) >= 11 is 0. The van der Waals surface area contributed by atoms with Gasteiger partial charge in [-0.2, -0.15) is 5.26 Å². The summed E-state index contributed by atoms with van der Waals surface area (Å²) in [4.78, 5) is 4.43. The van der Waals surface area contributed by atoms with Gasteiger partial charge in [-0.15, -0.1) is 0 Å². The van der Waals surface area contributed by atoms with Gasteiger partial charge in [0.2, 0.25) is 0 Å². The normalized spacial score (nSPS) is 10.3. The summed E-state index contributed by atoms with van der Waals surface area (Å²) in [6.07, 6.45) is 1.86. The first-order valence-electron chi connectivity index (χ1n) is 7.05. The van der Waals surface area contributed by atoms with Gasteiger partial charge in [0, 0.05) is 17.3 Å². The van der Waals surface area contributed by atoms with Gasteiger partial charge in [0.15, 0.2) is 0 Å². The standard InChI is InChI=1S/C19H12F2N2/c20-17-5-1-13(2-6-17)16-11-15(9-10-22)19(23-12-16)14-3-7-18(21)8-4-14/h1-8,11-12H,9H2. The SMILES string of the molecule is N#CCc1cc(-c2ccc(F)cc2)cnc1-c1ccc(F)cc1. The predicted octanol–water partition coefficient (Wildman–Crippen LogP) is 4.76. The van der Waals surface area contributed by atoms with E-state index in [1.54, 1.807) is 30.5 Å². The molecule has 0 atom stereocenters. The van der Waals surface area contributed by atoms with Crippen LogP contribution in [0.2, 0.25) is 0 Å². The molecular weight excluding hydrogens is 294 g/mol. The maximum absolute atomic E-state index is 13.1. The summed E-state index contributed by atoms with van der Waals surface area (Å²) in [7, 11) is 0. The predicted molar refractivity (Wildman–Crippen MR) is 84.3 cm³/mol. The highest BCUT2D eigenvalue weighted by Crippen LogP contribution is 2.27. The van der Waals surface area contributed by atoms with Crippen LogP contribution in [-0.2, 0) is 6.42 Å². The van der Waals surface area contributed by atoms with Gasteiger partial charge in [-0.25, -0.2) is 8.78 Å². The number of rotatable bonds is 3. The molecule has 2 nitrogen and oxygen atoms in total. The second-order valence-electron chi connectivity index (χ2n) is 5.08. The first kappa shape index (κ1) is 14.9. The van der Waals surface area contributed by atoms with Gasteiger partial charge in [-0.05, 0) is 53.6 Å². The quantitative estimate of drug-likeness (QED) is 0.699. The zero-order valence-corrected chi connectivity index (χ0v) is 12.1. The van der Waals surface area contributed by atoms with Crippen molar-refractivity contribution in [2.45, 2.75) is 6.42 Å². The second-order valence-corrected chi connectivity index (χ2v) is 5.08. The van der Waals surface area contributed by atoms with Crippen LogP contribution in [0.3, 0.4) is 0 Å². The van der Waals surface area contributed by atoms with Crippen molar-refractivity contribution in [3.63, 3.8) is 0 Å². The molecule has 0 saturated heterocycles. The largest absolute Gasteiger partial charge is 0.255 e. The van der Waals surface area contributed by atoms with E-state index in [2.05, 4.69) is 11.1 Å². The van der Waals surface area contributed by atoms with Crippen LogP contribution in [0, 0.1) is 23.0 Å². The molecule has 0 unspecified atom stereocenters. The first-order valence-corrected chi connectivity index (χ1v) is 7.05. The molecule has 2 aromatic carbocycles. The Bertz CT molecular complexity index is 863. The van der Waals surface area contributed by atoms with Gasteiger partial charge in [-0.1, -0.05) is 12.1 Å². The molecule has 4 heteroatoms.